The average molecular weight is 353 g/mol. The van der Waals surface area contributed by atoms with Gasteiger partial charge in [0, 0.05) is 22.9 Å². The molecule has 0 aromatic heterocycles. The van der Waals surface area contributed by atoms with Crippen LogP contribution in [0.3, 0.4) is 0 Å². The summed E-state index contributed by atoms with van der Waals surface area (Å²) in [6.07, 6.45) is 0.397. The van der Waals surface area contributed by atoms with Crippen LogP contribution in [-0.2, 0) is 12.8 Å². The zero-order valence-corrected chi connectivity index (χ0v) is 12.5. The molecule has 0 spiro atoms. The Morgan fingerprint density at radius 3 is 2.67 bits per heavy atom. The van der Waals surface area contributed by atoms with Gasteiger partial charge in [0.15, 0.2) is 5.78 Å². The third-order valence-electron chi connectivity index (χ3n) is 3.45. The lowest BCUT2D eigenvalue weighted by Crippen LogP contribution is -2.09. The first-order chi connectivity index (χ1) is 10.1. The van der Waals surface area contributed by atoms with Crippen molar-refractivity contribution in [3.05, 3.63) is 63.1 Å². The Morgan fingerprint density at radius 1 is 1.24 bits per heavy atom. The van der Waals surface area contributed by atoms with Crippen molar-refractivity contribution in [3.8, 4) is 5.75 Å². The van der Waals surface area contributed by atoms with Crippen molar-refractivity contribution in [1.82, 2.24) is 0 Å². The number of hydrogen-bond donors (Lipinski definition) is 0. The quantitative estimate of drug-likeness (QED) is 0.777. The maximum absolute atomic E-state index is 13.6. The first kappa shape index (κ1) is 14.2. The lowest BCUT2D eigenvalue weighted by Gasteiger charge is -2.09. The fourth-order valence-corrected chi connectivity index (χ4v) is 2.94. The fourth-order valence-electron chi connectivity index (χ4n) is 2.43. The van der Waals surface area contributed by atoms with Crippen molar-refractivity contribution < 1.29 is 18.3 Å². The van der Waals surface area contributed by atoms with E-state index >= 15 is 0 Å². The monoisotopic (exact) mass is 352 g/mol. The van der Waals surface area contributed by atoms with Crippen LogP contribution in [0.5, 0.6) is 5.75 Å². The van der Waals surface area contributed by atoms with E-state index in [1.807, 2.05) is 6.07 Å². The van der Waals surface area contributed by atoms with Crippen LogP contribution >= 0.6 is 15.9 Å². The van der Waals surface area contributed by atoms with Gasteiger partial charge in [-0.05, 0) is 29.8 Å². The predicted molar refractivity (Wildman–Crippen MR) is 77.7 cm³/mol. The highest BCUT2D eigenvalue weighted by atomic mass is 79.9. The van der Waals surface area contributed by atoms with Gasteiger partial charge in [0.1, 0.15) is 17.4 Å². The molecule has 0 radical (unpaired) electrons. The Hall–Kier alpha value is -1.75. The van der Waals surface area contributed by atoms with Crippen LogP contribution in [0.25, 0.3) is 0 Å². The van der Waals surface area contributed by atoms with Crippen LogP contribution in [0.15, 0.2) is 34.8 Å². The molecule has 5 heteroatoms. The zero-order chi connectivity index (χ0) is 15.0. The Bertz CT molecular complexity index is 708. The predicted octanol–water partition coefficient (Wildman–Crippen LogP) is 4.09. The molecule has 0 atom stereocenters. The molecule has 0 fully saturated rings. The lowest BCUT2D eigenvalue weighted by molar-refractivity contribution is 0.0987. The smallest absolute Gasteiger partial charge is 0.171 e. The minimum Gasteiger partial charge on any atom is -0.492 e. The van der Waals surface area contributed by atoms with E-state index in [2.05, 4.69) is 15.9 Å². The number of fused-ring (bicyclic) bond motifs is 1. The molecule has 0 saturated heterocycles. The van der Waals surface area contributed by atoms with E-state index in [0.29, 0.717) is 17.9 Å². The molecule has 0 amide bonds. The topological polar surface area (TPSA) is 26.3 Å². The fraction of sp³-hybridized carbons (Fsp3) is 0.188. The Labute approximate surface area is 128 Å². The van der Waals surface area contributed by atoms with E-state index < -0.39 is 11.6 Å². The minimum atomic E-state index is -0.712. The molecule has 0 unspecified atom stereocenters. The summed E-state index contributed by atoms with van der Waals surface area (Å²) in [6.45, 7) is 0.514. The molecule has 3 rings (SSSR count). The molecular formula is C16H11BrF2O2. The second-order valence-corrected chi connectivity index (χ2v) is 5.76. The van der Waals surface area contributed by atoms with E-state index in [4.69, 9.17) is 4.74 Å². The molecular weight excluding hydrogens is 342 g/mol. The lowest BCUT2D eigenvalue weighted by atomic mass is 9.99. The summed E-state index contributed by atoms with van der Waals surface area (Å²) in [4.78, 5) is 12.4. The molecule has 1 aliphatic rings. The normalized spacial score (nSPS) is 12.9. The van der Waals surface area contributed by atoms with Gasteiger partial charge in [-0.1, -0.05) is 22.0 Å². The molecule has 1 aliphatic heterocycles. The van der Waals surface area contributed by atoms with E-state index in [0.717, 1.165) is 28.6 Å². The largest absolute Gasteiger partial charge is 0.492 e. The van der Waals surface area contributed by atoms with Crippen LogP contribution < -0.4 is 4.74 Å². The second kappa shape index (κ2) is 5.56. The standard InChI is InChI=1S/C16H11BrF2O2/c17-10-6-9-4-5-21-16(9)12(7-10)15(20)8-11-13(18)2-1-3-14(11)19/h1-3,6-7H,4-5,8H2. The molecule has 2 nitrogen and oxygen atoms in total. The Kier molecular flexibility index (Phi) is 3.76. The number of halogens is 3. The van der Waals surface area contributed by atoms with Gasteiger partial charge in [-0.15, -0.1) is 0 Å². The van der Waals surface area contributed by atoms with Crippen molar-refractivity contribution in [2.45, 2.75) is 12.8 Å². The Morgan fingerprint density at radius 2 is 1.95 bits per heavy atom. The number of ketones is 1. The highest BCUT2D eigenvalue weighted by molar-refractivity contribution is 9.10. The molecule has 0 aliphatic carbocycles. The first-order valence-corrected chi connectivity index (χ1v) is 7.27. The van der Waals surface area contributed by atoms with Crippen LogP contribution in [0.1, 0.15) is 21.5 Å². The molecule has 0 bridgehead atoms. The highest BCUT2D eigenvalue weighted by Crippen LogP contribution is 2.34. The molecule has 0 N–H and O–H groups in total. The van der Waals surface area contributed by atoms with Gasteiger partial charge in [-0.25, -0.2) is 8.78 Å². The molecule has 1 heterocycles. The van der Waals surface area contributed by atoms with Crippen molar-refractivity contribution in [2.75, 3.05) is 6.61 Å². The van der Waals surface area contributed by atoms with Crippen molar-refractivity contribution in [1.29, 1.82) is 0 Å². The van der Waals surface area contributed by atoms with E-state index in [9.17, 15) is 13.6 Å². The molecule has 108 valence electrons. The van der Waals surface area contributed by atoms with Crippen molar-refractivity contribution >= 4 is 21.7 Å². The number of ether oxygens (including phenoxy) is 1. The summed E-state index contributed by atoms with van der Waals surface area (Å²) in [7, 11) is 0. The second-order valence-electron chi connectivity index (χ2n) is 4.84. The third-order valence-corrected chi connectivity index (χ3v) is 3.91. The van der Waals surface area contributed by atoms with Crippen LogP contribution in [0.2, 0.25) is 0 Å². The maximum Gasteiger partial charge on any atom is 0.171 e. The highest BCUT2D eigenvalue weighted by Gasteiger charge is 2.23. The molecule has 21 heavy (non-hydrogen) atoms. The summed E-state index contributed by atoms with van der Waals surface area (Å²) in [5, 5.41) is 0. The van der Waals surface area contributed by atoms with Gasteiger partial charge in [0.25, 0.3) is 0 Å². The first-order valence-electron chi connectivity index (χ1n) is 6.47. The summed E-state index contributed by atoms with van der Waals surface area (Å²) in [5.41, 5.74) is 1.08. The Balaban J connectivity index is 1.97. The zero-order valence-electron chi connectivity index (χ0n) is 11.0. The number of Topliss-reactive ketones (excluding diaryl/α,β-unsaturated/α-hetero) is 1. The number of carbonyl (C=O) groups excluding carboxylic acids is 1. The SMILES string of the molecule is O=C(Cc1c(F)cccc1F)c1cc(Br)cc2c1OCC2. The van der Waals surface area contributed by atoms with Gasteiger partial charge in [0.2, 0.25) is 0 Å². The molecule has 0 saturated carbocycles. The van der Waals surface area contributed by atoms with Crippen LogP contribution in [0.4, 0.5) is 8.78 Å². The number of hydrogen-bond acceptors (Lipinski definition) is 2. The molecule has 2 aromatic rings. The van der Waals surface area contributed by atoms with Gasteiger partial charge in [-0.2, -0.15) is 0 Å². The van der Waals surface area contributed by atoms with E-state index in [1.54, 1.807) is 6.07 Å². The van der Waals surface area contributed by atoms with Gasteiger partial charge >= 0.3 is 0 Å². The average Bonchev–Trinajstić information content (AvgIpc) is 2.90. The van der Waals surface area contributed by atoms with Crippen molar-refractivity contribution in [3.63, 3.8) is 0 Å². The van der Waals surface area contributed by atoms with Crippen LogP contribution in [-0.4, -0.2) is 12.4 Å². The van der Waals surface area contributed by atoms with E-state index in [-0.39, 0.29) is 17.8 Å². The third kappa shape index (κ3) is 2.70. The summed E-state index contributed by atoms with van der Waals surface area (Å²) in [5.74, 6) is -1.26. The summed E-state index contributed by atoms with van der Waals surface area (Å²) < 4.78 is 33.5. The van der Waals surface area contributed by atoms with Gasteiger partial charge < -0.3 is 4.74 Å². The minimum absolute atomic E-state index is 0.214. The maximum atomic E-state index is 13.6. The summed E-state index contributed by atoms with van der Waals surface area (Å²) >= 11 is 3.34. The number of carbonyl (C=O) groups is 1. The van der Waals surface area contributed by atoms with Gasteiger partial charge in [-0.3, -0.25) is 4.79 Å². The number of rotatable bonds is 3. The number of benzene rings is 2. The molecule has 2 aromatic carbocycles. The van der Waals surface area contributed by atoms with E-state index in [1.165, 1.54) is 6.07 Å². The van der Waals surface area contributed by atoms with Gasteiger partial charge in [0.05, 0.1) is 12.2 Å². The summed E-state index contributed by atoms with van der Waals surface area (Å²) in [6, 6.07) is 7.09. The van der Waals surface area contributed by atoms with Crippen molar-refractivity contribution in [2.24, 2.45) is 0 Å². The van der Waals surface area contributed by atoms with Crippen LogP contribution in [0, 0.1) is 11.6 Å².